The normalized spacial score (nSPS) is 29.9. The van der Waals surface area contributed by atoms with Crippen molar-refractivity contribution in [3.05, 3.63) is 23.8 Å². The Labute approximate surface area is 160 Å². The number of phenols is 1. The van der Waals surface area contributed by atoms with Crippen LogP contribution in [0.15, 0.2) is 18.2 Å². The highest BCUT2D eigenvalue weighted by Crippen LogP contribution is 2.52. The minimum atomic E-state index is -1.58. The van der Waals surface area contributed by atoms with Crippen LogP contribution in [-0.2, 0) is 14.4 Å². The van der Waals surface area contributed by atoms with E-state index in [4.69, 9.17) is 4.74 Å². The molecule has 2 aliphatic rings. The molecule has 3 N–H and O–H groups in total. The first-order valence-corrected chi connectivity index (χ1v) is 9.86. The maximum Gasteiger partial charge on any atom is 0.324 e. The fourth-order valence-corrected chi connectivity index (χ4v) is 4.69. The number of nitrogens with zero attached hydrogens (tertiary/aromatic N) is 1. The van der Waals surface area contributed by atoms with Gasteiger partial charge in [-0.05, 0) is 24.5 Å². The zero-order valence-electron chi connectivity index (χ0n) is 15.3. The number of phenolic OH excluding ortho intramolecular Hbond substituents is 1. The van der Waals surface area contributed by atoms with Gasteiger partial charge in [0.15, 0.2) is 11.5 Å². The van der Waals surface area contributed by atoms with E-state index in [9.17, 15) is 24.6 Å². The number of carboxylic acid groups (broad SMARTS) is 1. The van der Waals surface area contributed by atoms with Crippen LogP contribution in [0.1, 0.15) is 18.0 Å². The number of ether oxygens (including phenoxy) is 1. The largest absolute Gasteiger partial charge is 0.504 e. The van der Waals surface area contributed by atoms with Gasteiger partial charge in [0.25, 0.3) is 0 Å². The minimum Gasteiger partial charge on any atom is -0.504 e. The SMILES string of the molecule is COc1cccc([C@@H]2N[C@](CCSC)(C(=O)O)[C@H]3C(=O)N(C)C(=O)[C@@H]23)c1O. The van der Waals surface area contributed by atoms with Gasteiger partial charge in [0.2, 0.25) is 11.8 Å². The van der Waals surface area contributed by atoms with Gasteiger partial charge in [0, 0.05) is 18.7 Å². The Hall–Kier alpha value is -2.26. The summed E-state index contributed by atoms with van der Waals surface area (Å²) in [5.41, 5.74) is -1.24. The number of imide groups is 1. The summed E-state index contributed by atoms with van der Waals surface area (Å²) in [7, 11) is 2.77. The quantitative estimate of drug-likeness (QED) is 0.608. The lowest BCUT2D eigenvalue weighted by atomic mass is 9.78. The number of carboxylic acids is 1. The number of aromatic hydroxyl groups is 1. The lowest BCUT2D eigenvalue weighted by Crippen LogP contribution is -2.55. The van der Waals surface area contributed by atoms with Crippen LogP contribution in [0.4, 0.5) is 0 Å². The average Bonchev–Trinajstić information content (AvgIpc) is 3.11. The van der Waals surface area contributed by atoms with E-state index in [1.54, 1.807) is 18.2 Å². The van der Waals surface area contributed by atoms with Gasteiger partial charge in [-0.3, -0.25) is 24.6 Å². The molecule has 0 aliphatic carbocycles. The molecule has 9 heteroatoms. The molecule has 27 heavy (non-hydrogen) atoms. The van der Waals surface area contributed by atoms with Crippen LogP contribution < -0.4 is 10.1 Å². The second kappa shape index (κ2) is 7.05. The van der Waals surface area contributed by atoms with E-state index in [0.29, 0.717) is 11.3 Å². The maximum atomic E-state index is 12.8. The fourth-order valence-electron chi connectivity index (χ4n) is 4.17. The molecule has 2 amide bonds. The Balaban J connectivity index is 2.15. The van der Waals surface area contributed by atoms with Crippen molar-refractivity contribution in [1.82, 2.24) is 10.2 Å². The lowest BCUT2D eigenvalue weighted by molar-refractivity contribution is -0.151. The first-order chi connectivity index (χ1) is 12.8. The number of thioether (sulfide) groups is 1. The molecule has 0 unspecified atom stereocenters. The number of methoxy groups -OCH3 is 1. The van der Waals surface area contributed by atoms with E-state index < -0.39 is 41.2 Å². The van der Waals surface area contributed by atoms with Crippen molar-refractivity contribution in [2.75, 3.05) is 26.2 Å². The van der Waals surface area contributed by atoms with Crippen molar-refractivity contribution in [2.24, 2.45) is 11.8 Å². The zero-order valence-corrected chi connectivity index (χ0v) is 16.1. The minimum absolute atomic E-state index is 0.169. The van der Waals surface area contributed by atoms with Crippen LogP contribution in [0.5, 0.6) is 11.5 Å². The summed E-state index contributed by atoms with van der Waals surface area (Å²) in [6, 6.07) is 4.01. The number of benzene rings is 1. The number of fused-ring (bicyclic) bond motifs is 1. The lowest BCUT2D eigenvalue weighted by Gasteiger charge is -2.30. The molecular formula is C18H22N2O6S. The molecule has 146 valence electrons. The highest BCUT2D eigenvalue weighted by atomic mass is 32.2. The van der Waals surface area contributed by atoms with Crippen molar-refractivity contribution in [2.45, 2.75) is 18.0 Å². The van der Waals surface area contributed by atoms with Crippen LogP contribution in [0.3, 0.4) is 0 Å². The second-order valence-corrected chi connectivity index (χ2v) is 7.76. The van der Waals surface area contributed by atoms with Gasteiger partial charge >= 0.3 is 5.97 Å². The molecular weight excluding hydrogens is 372 g/mol. The third-order valence-corrected chi connectivity index (χ3v) is 6.15. The molecule has 3 rings (SSSR count). The van der Waals surface area contributed by atoms with E-state index in [1.165, 1.54) is 25.9 Å². The number of hydrogen-bond acceptors (Lipinski definition) is 7. The monoisotopic (exact) mass is 394 g/mol. The van der Waals surface area contributed by atoms with Crippen molar-refractivity contribution in [3.63, 3.8) is 0 Å². The number of carbonyl (C=O) groups excluding carboxylic acids is 2. The number of nitrogens with one attached hydrogen (secondary N) is 1. The smallest absolute Gasteiger partial charge is 0.324 e. The van der Waals surface area contributed by atoms with E-state index in [1.807, 2.05) is 6.26 Å². The van der Waals surface area contributed by atoms with Crippen molar-refractivity contribution < 1.29 is 29.3 Å². The van der Waals surface area contributed by atoms with Gasteiger partial charge in [-0.25, -0.2) is 0 Å². The molecule has 2 heterocycles. The molecule has 0 saturated carbocycles. The fraction of sp³-hybridized carbons (Fsp3) is 0.500. The molecule has 2 fully saturated rings. The van der Waals surface area contributed by atoms with Gasteiger partial charge in [0.05, 0.1) is 18.9 Å². The van der Waals surface area contributed by atoms with E-state index in [0.717, 1.165) is 4.90 Å². The van der Waals surface area contributed by atoms with Crippen molar-refractivity contribution in [1.29, 1.82) is 0 Å². The predicted octanol–water partition coefficient (Wildman–Crippen LogP) is 0.853. The van der Waals surface area contributed by atoms with E-state index in [-0.39, 0.29) is 17.9 Å². The van der Waals surface area contributed by atoms with Gasteiger partial charge < -0.3 is 14.9 Å². The topological polar surface area (TPSA) is 116 Å². The number of likely N-dealkylation sites (tertiary alicyclic amines) is 1. The summed E-state index contributed by atoms with van der Waals surface area (Å²) in [6.45, 7) is 0. The van der Waals surface area contributed by atoms with E-state index >= 15 is 0 Å². The Morgan fingerprint density at radius 3 is 2.67 bits per heavy atom. The molecule has 4 atom stereocenters. The molecule has 0 spiro atoms. The van der Waals surface area contributed by atoms with Gasteiger partial charge in [-0.1, -0.05) is 12.1 Å². The summed E-state index contributed by atoms with van der Waals surface area (Å²) in [5, 5.41) is 23.6. The van der Waals surface area contributed by atoms with Crippen LogP contribution in [-0.4, -0.2) is 64.6 Å². The summed E-state index contributed by atoms with van der Waals surface area (Å²) >= 11 is 1.47. The summed E-state index contributed by atoms with van der Waals surface area (Å²) in [6.07, 6.45) is 2.03. The number of carbonyl (C=O) groups is 3. The summed E-state index contributed by atoms with van der Waals surface area (Å²) < 4.78 is 5.13. The molecule has 2 aliphatic heterocycles. The number of amides is 2. The number of para-hydroxylation sites is 1. The Bertz CT molecular complexity index is 800. The predicted molar refractivity (Wildman–Crippen MR) is 98.7 cm³/mol. The highest BCUT2D eigenvalue weighted by molar-refractivity contribution is 7.98. The molecule has 0 aromatic heterocycles. The number of aliphatic carboxylic acids is 1. The highest BCUT2D eigenvalue weighted by Gasteiger charge is 2.67. The molecule has 0 radical (unpaired) electrons. The summed E-state index contributed by atoms with van der Waals surface area (Å²) in [5.74, 6) is -3.51. The summed E-state index contributed by atoms with van der Waals surface area (Å²) in [4.78, 5) is 38.8. The Morgan fingerprint density at radius 2 is 2.07 bits per heavy atom. The van der Waals surface area contributed by atoms with Crippen molar-refractivity contribution in [3.8, 4) is 11.5 Å². The van der Waals surface area contributed by atoms with E-state index in [2.05, 4.69) is 5.32 Å². The molecule has 0 bridgehead atoms. The first-order valence-electron chi connectivity index (χ1n) is 8.47. The third kappa shape index (κ3) is 2.76. The van der Waals surface area contributed by atoms with Crippen molar-refractivity contribution >= 4 is 29.5 Å². The van der Waals surface area contributed by atoms with Crippen LogP contribution in [0.2, 0.25) is 0 Å². The first kappa shape index (κ1) is 19.5. The number of hydrogen-bond donors (Lipinski definition) is 3. The van der Waals surface area contributed by atoms with Gasteiger partial charge in [-0.2, -0.15) is 11.8 Å². The Kier molecular flexibility index (Phi) is 5.09. The molecule has 2 saturated heterocycles. The average molecular weight is 394 g/mol. The molecule has 8 nitrogen and oxygen atoms in total. The Morgan fingerprint density at radius 1 is 1.37 bits per heavy atom. The standard InChI is InChI=1S/C18H22N2O6S/c1-20-15(22)11-12(16(20)23)18(17(24)25,7-8-27-3)19-13(11)9-5-4-6-10(26-2)14(9)21/h4-6,11-13,19,21H,7-8H2,1-3H3,(H,24,25)/t11-,12-,13+,18+/m1/s1. The maximum absolute atomic E-state index is 12.8. The molecule has 1 aromatic carbocycles. The number of rotatable bonds is 6. The van der Waals surface area contributed by atoms with Gasteiger partial charge in [-0.15, -0.1) is 0 Å². The zero-order chi connectivity index (χ0) is 19.9. The van der Waals surface area contributed by atoms with Crippen LogP contribution in [0.25, 0.3) is 0 Å². The van der Waals surface area contributed by atoms with Crippen LogP contribution >= 0.6 is 11.8 Å². The second-order valence-electron chi connectivity index (χ2n) is 6.78. The van der Waals surface area contributed by atoms with Crippen LogP contribution in [0, 0.1) is 11.8 Å². The third-order valence-electron chi connectivity index (χ3n) is 5.54. The molecule has 1 aromatic rings. The van der Waals surface area contributed by atoms with Gasteiger partial charge in [0.1, 0.15) is 5.54 Å².